The Morgan fingerprint density at radius 1 is 1.16 bits per heavy atom. The van der Waals surface area contributed by atoms with Crippen LogP contribution < -0.4 is 4.90 Å². The number of ether oxygens (including phenoxy) is 2. The van der Waals surface area contributed by atoms with Gasteiger partial charge in [0.1, 0.15) is 17.7 Å². The van der Waals surface area contributed by atoms with Crippen LogP contribution in [-0.4, -0.2) is 82.7 Å². The van der Waals surface area contributed by atoms with Crippen LogP contribution in [0.3, 0.4) is 0 Å². The number of fused-ring (bicyclic) bond motifs is 1. The van der Waals surface area contributed by atoms with Gasteiger partial charge in [-0.15, -0.1) is 0 Å². The highest BCUT2D eigenvalue weighted by molar-refractivity contribution is 5.93. The topological polar surface area (TPSA) is 88.1 Å². The first-order chi connectivity index (χ1) is 15.6. The van der Waals surface area contributed by atoms with Crippen LogP contribution in [0.1, 0.15) is 49.5 Å². The lowest BCUT2D eigenvalue weighted by atomic mass is 10.1. The van der Waals surface area contributed by atoms with Crippen LogP contribution >= 0.6 is 0 Å². The van der Waals surface area contributed by atoms with Gasteiger partial charge in [0.2, 0.25) is 0 Å². The van der Waals surface area contributed by atoms with Crippen LogP contribution in [-0.2, 0) is 14.3 Å². The number of carbonyl (C=O) groups excluding carboxylic acids is 2. The van der Waals surface area contributed by atoms with Gasteiger partial charge in [0.25, 0.3) is 5.91 Å². The summed E-state index contributed by atoms with van der Waals surface area (Å²) in [5.41, 5.74) is 1.71. The van der Waals surface area contributed by atoms with E-state index in [2.05, 4.69) is 9.88 Å². The lowest BCUT2D eigenvalue weighted by Gasteiger charge is -2.28. The van der Waals surface area contributed by atoms with E-state index in [1.807, 2.05) is 22.8 Å². The van der Waals surface area contributed by atoms with Crippen LogP contribution in [0.25, 0.3) is 0 Å². The summed E-state index contributed by atoms with van der Waals surface area (Å²) in [4.78, 5) is 41.0. The first-order valence-electron chi connectivity index (χ1n) is 11.8. The van der Waals surface area contributed by atoms with Gasteiger partial charge in [-0.3, -0.25) is 9.69 Å². The van der Waals surface area contributed by atoms with Gasteiger partial charge in [0.05, 0.1) is 37.1 Å². The summed E-state index contributed by atoms with van der Waals surface area (Å²) in [5, 5.41) is 0. The van der Waals surface area contributed by atoms with Gasteiger partial charge in [0, 0.05) is 37.3 Å². The molecule has 9 nitrogen and oxygen atoms in total. The zero-order valence-corrected chi connectivity index (χ0v) is 18.4. The Labute approximate surface area is 187 Å². The molecule has 0 aromatic carbocycles. The second kappa shape index (κ2) is 7.64. The van der Waals surface area contributed by atoms with E-state index >= 15 is 0 Å². The lowest BCUT2D eigenvalue weighted by Crippen LogP contribution is -2.46. The molecule has 1 aromatic heterocycles. The fourth-order valence-corrected chi connectivity index (χ4v) is 5.41. The van der Waals surface area contributed by atoms with Crippen LogP contribution in [0, 0.1) is 6.92 Å². The summed E-state index contributed by atoms with van der Waals surface area (Å²) in [6.45, 7) is 5.23. The molecule has 1 aliphatic carbocycles. The molecule has 9 heteroatoms. The van der Waals surface area contributed by atoms with Crippen molar-refractivity contribution in [1.29, 1.82) is 0 Å². The third-order valence-electron chi connectivity index (χ3n) is 7.23. The molecule has 2 amide bonds. The Morgan fingerprint density at radius 3 is 2.81 bits per heavy atom. The first kappa shape index (κ1) is 19.8. The Morgan fingerprint density at radius 2 is 2.03 bits per heavy atom. The van der Waals surface area contributed by atoms with Crippen LogP contribution in [0.2, 0.25) is 0 Å². The Hall–Kier alpha value is -2.84. The lowest BCUT2D eigenvalue weighted by molar-refractivity contribution is -0.126. The molecule has 5 aliphatic rings. The van der Waals surface area contributed by atoms with Gasteiger partial charge in [0.15, 0.2) is 0 Å². The molecule has 6 rings (SSSR count). The third-order valence-corrected chi connectivity index (χ3v) is 7.23. The van der Waals surface area contributed by atoms with Crippen molar-refractivity contribution in [2.75, 3.05) is 37.7 Å². The molecule has 4 fully saturated rings. The monoisotopic (exact) mass is 439 g/mol. The van der Waals surface area contributed by atoms with Crippen molar-refractivity contribution in [3.63, 3.8) is 0 Å². The second-order valence-corrected chi connectivity index (χ2v) is 9.61. The maximum Gasteiger partial charge on any atom is 0.410 e. The van der Waals surface area contributed by atoms with Crippen molar-refractivity contribution in [1.82, 2.24) is 19.8 Å². The van der Waals surface area contributed by atoms with E-state index in [9.17, 15) is 9.59 Å². The number of aryl methyl sites for hydroxylation is 1. The molecule has 170 valence electrons. The van der Waals surface area contributed by atoms with Crippen molar-refractivity contribution < 1.29 is 19.1 Å². The molecule has 3 atom stereocenters. The molecule has 3 saturated heterocycles. The average Bonchev–Trinajstić information content (AvgIpc) is 3.28. The minimum Gasteiger partial charge on any atom is -0.501 e. The van der Waals surface area contributed by atoms with Gasteiger partial charge < -0.3 is 19.3 Å². The number of aromatic nitrogens is 2. The fourth-order valence-electron chi connectivity index (χ4n) is 5.41. The maximum atomic E-state index is 12.9. The van der Waals surface area contributed by atoms with Gasteiger partial charge in [-0.2, -0.15) is 0 Å². The standard InChI is InChI=1S/C23H29N5O4/c1-14-9-20(25-21(24-14)15-4-5-15)27-11-18-19(12-27)32-23(30)28(18)17-6-7-26(10-17)22(29)16-3-2-8-31-13-16/h9,13,15,17-19H,2-8,10-12H2,1H3/t17?,18-,19+/m1/s1. The summed E-state index contributed by atoms with van der Waals surface area (Å²) < 4.78 is 11.1. The molecule has 0 spiro atoms. The van der Waals surface area contributed by atoms with E-state index in [4.69, 9.17) is 14.5 Å². The minimum atomic E-state index is -0.253. The predicted octanol–water partition coefficient (Wildman–Crippen LogP) is 1.97. The summed E-state index contributed by atoms with van der Waals surface area (Å²) >= 11 is 0. The number of hydrogen-bond acceptors (Lipinski definition) is 7. The van der Waals surface area contributed by atoms with Crippen molar-refractivity contribution in [3.8, 4) is 0 Å². The van der Waals surface area contributed by atoms with E-state index < -0.39 is 0 Å². The van der Waals surface area contributed by atoms with E-state index in [1.165, 1.54) is 12.8 Å². The summed E-state index contributed by atoms with van der Waals surface area (Å²) in [6, 6.07) is 2.00. The molecule has 1 saturated carbocycles. The number of hydrogen-bond donors (Lipinski definition) is 0. The maximum absolute atomic E-state index is 12.9. The molecule has 0 radical (unpaired) electrons. The first-order valence-corrected chi connectivity index (χ1v) is 11.8. The molecule has 32 heavy (non-hydrogen) atoms. The van der Waals surface area contributed by atoms with Gasteiger partial charge >= 0.3 is 6.09 Å². The Balaban J connectivity index is 1.15. The SMILES string of the molecule is Cc1cc(N2C[C@@H]3OC(=O)N(C4CCN(C(=O)C5=COCCC5)C4)[C@@H]3C2)nc(C2CC2)n1. The van der Waals surface area contributed by atoms with Crippen LogP contribution in [0.4, 0.5) is 10.6 Å². The van der Waals surface area contributed by atoms with E-state index in [-0.39, 0.29) is 30.2 Å². The smallest absolute Gasteiger partial charge is 0.410 e. The van der Waals surface area contributed by atoms with Crippen molar-refractivity contribution in [2.24, 2.45) is 0 Å². The number of likely N-dealkylation sites (tertiary alicyclic amines) is 1. The minimum absolute atomic E-state index is 0.0133. The van der Waals surface area contributed by atoms with Gasteiger partial charge in [-0.1, -0.05) is 0 Å². The number of carbonyl (C=O) groups is 2. The molecule has 1 unspecified atom stereocenters. The molecular weight excluding hydrogens is 410 g/mol. The molecular formula is C23H29N5O4. The zero-order chi connectivity index (χ0) is 21.8. The summed E-state index contributed by atoms with van der Waals surface area (Å²) in [6.07, 6.45) is 5.92. The number of nitrogens with zero attached hydrogens (tertiary/aromatic N) is 5. The highest BCUT2D eigenvalue weighted by Crippen LogP contribution is 2.39. The Bertz CT molecular complexity index is 977. The van der Waals surface area contributed by atoms with E-state index in [0.29, 0.717) is 38.7 Å². The molecule has 0 N–H and O–H groups in total. The van der Waals surface area contributed by atoms with Crippen molar-refractivity contribution in [2.45, 2.75) is 63.1 Å². The summed E-state index contributed by atoms with van der Waals surface area (Å²) in [7, 11) is 0. The normalized spacial score (nSPS) is 29.7. The van der Waals surface area contributed by atoms with E-state index in [0.717, 1.165) is 42.2 Å². The third kappa shape index (κ3) is 3.47. The Kier molecular flexibility index (Phi) is 4.73. The van der Waals surface area contributed by atoms with Crippen LogP contribution in [0.5, 0.6) is 0 Å². The average molecular weight is 440 g/mol. The zero-order valence-electron chi connectivity index (χ0n) is 18.4. The van der Waals surface area contributed by atoms with Gasteiger partial charge in [-0.05, 0) is 39.0 Å². The second-order valence-electron chi connectivity index (χ2n) is 9.61. The highest BCUT2D eigenvalue weighted by atomic mass is 16.6. The molecule has 5 heterocycles. The molecule has 1 aromatic rings. The number of anilines is 1. The molecule has 0 bridgehead atoms. The number of amides is 2. The van der Waals surface area contributed by atoms with Crippen LogP contribution in [0.15, 0.2) is 17.9 Å². The largest absolute Gasteiger partial charge is 0.501 e. The van der Waals surface area contributed by atoms with E-state index in [1.54, 1.807) is 6.26 Å². The predicted molar refractivity (Wildman–Crippen MR) is 115 cm³/mol. The summed E-state index contributed by atoms with van der Waals surface area (Å²) in [5.74, 6) is 2.40. The van der Waals surface area contributed by atoms with Gasteiger partial charge in [-0.25, -0.2) is 14.8 Å². The quantitative estimate of drug-likeness (QED) is 0.709. The molecule has 4 aliphatic heterocycles. The number of rotatable bonds is 4. The highest BCUT2D eigenvalue weighted by Gasteiger charge is 2.52. The fraction of sp³-hybridized carbons (Fsp3) is 0.652. The van der Waals surface area contributed by atoms with Crippen molar-refractivity contribution in [3.05, 3.63) is 29.4 Å². The van der Waals surface area contributed by atoms with Crippen molar-refractivity contribution >= 4 is 17.8 Å².